The van der Waals surface area contributed by atoms with Gasteiger partial charge in [-0.15, -0.1) is 24.0 Å². The van der Waals surface area contributed by atoms with Crippen molar-refractivity contribution >= 4 is 35.6 Å². The van der Waals surface area contributed by atoms with Gasteiger partial charge in [0.05, 0.1) is 6.54 Å². The summed E-state index contributed by atoms with van der Waals surface area (Å²) in [4.78, 5) is 11.1. The minimum Gasteiger partial charge on any atom is -0.435 e. The fraction of sp³-hybridized carbons (Fsp3) is 0.545. The Bertz CT molecular complexity index is 843. The van der Waals surface area contributed by atoms with Gasteiger partial charge < -0.3 is 24.8 Å². The molecule has 1 aromatic heterocycles. The smallest absolute Gasteiger partial charge is 0.387 e. The lowest BCUT2D eigenvalue weighted by molar-refractivity contribution is -0.0498. The number of imidazole rings is 1. The van der Waals surface area contributed by atoms with E-state index in [0.717, 1.165) is 49.9 Å². The van der Waals surface area contributed by atoms with Crippen molar-refractivity contribution in [3.05, 3.63) is 42.5 Å². The molecule has 10 heteroatoms. The van der Waals surface area contributed by atoms with Crippen molar-refractivity contribution in [2.24, 2.45) is 10.9 Å². The zero-order valence-corrected chi connectivity index (χ0v) is 21.1. The fourth-order valence-corrected chi connectivity index (χ4v) is 3.79. The average Bonchev–Trinajstić information content (AvgIpc) is 3.17. The van der Waals surface area contributed by atoms with E-state index in [0.29, 0.717) is 12.5 Å². The molecule has 1 unspecified atom stereocenters. The van der Waals surface area contributed by atoms with Crippen LogP contribution in [0.2, 0.25) is 0 Å². The summed E-state index contributed by atoms with van der Waals surface area (Å²) in [5, 5.41) is 6.86. The second-order valence-electron chi connectivity index (χ2n) is 8.12. The van der Waals surface area contributed by atoms with E-state index in [-0.39, 0.29) is 35.8 Å². The number of guanidine groups is 1. The molecule has 7 nitrogen and oxygen atoms in total. The first-order valence-electron chi connectivity index (χ1n) is 10.7. The number of ether oxygens (including phenoxy) is 1. The third kappa shape index (κ3) is 7.79. The third-order valence-corrected chi connectivity index (χ3v) is 5.19. The number of rotatable bonds is 8. The van der Waals surface area contributed by atoms with Crippen LogP contribution in [0.1, 0.15) is 32.5 Å². The predicted molar refractivity (Wildman–Crippen MR) is 134 cm³/mol. The van der Waals surface area contributed by atoms with Gasteiger partial charge in [0, 0.05) is 50.8 Å². The molecule has 1 saturated heterocycles. The van der Waals surface area contributed by atoms with E-state index < -0.39 is 6.61 Å². The highest BCUT2D eigenvalue weighted by Gasteiger charge is 2.21. The van der Waals surface area contributed by atoms with Crippen LogP contribution in [0.4, 0.5) is 14.5 Å². The highest BCUT2D eigenvalue weighted by molar-refractivity contribution is 14.0. The zero-order chi connectivity index (χ0) is 22.2. The van der Waals surface area contributed by atoms with Crippen LogP contribution in [0.3, 0.4) is 0 Å². The number of hydrogen-bond acceptors (Lipinski definition) is 4. The number of nitrogens with zero attached hydrogens (tertiary/aromatic N) is 4. The largest absolute Gasteiger partial charge is 0.435 e. The summed E-state index contributed by atoms with van der Waals surface area (Å²) in [6.45, 7) is 4.82. The Hall–Kier alpha value is -2.11. The van der Waals surface area contributed by atoms with Crippen LogP contribution in [0.5, 0.6) is 5.75 Å². The van der Waals surface area contributed by atoms with Gasteiger partial charge in [-0.05, 0) is 43.0 Å². The standard InChI is InChI=1S/C22H32F2N6O.HI/c1-16(2)14-30-12-10-26-20(30)13-27-22(25-3)28-17-5-4-11-29(15-17)18-6-8-19(9-7-18)31-21(23)24;/h6-10,12,16-17,21H,4-5,11,13-15H2,1-3H3,(H2,25,27,28);1H. The zero-order valence-electron chi connectivity index (χ0n) is 18.8. The van der Waals surface area contributed by atoms with Crippen molar-refractivity contribution in [1.29, 1.82) is 0 Å². The van der Waals surface area contributed by atoms with Crippen LogP contribution in [0, 0.1) is 5.92 Å². The Balaban J connectivity index is 0.00000363. The second kappa shape index (κ2) is 12.8. The summed E-state index contributed by atoms with van der Waals surface area (Å²) in [6.07, 6.45) is 5.89. The number of halogens is 3. The van der Waals surface area contributed by atoms with Gasteiger partial charge in [0.25, 0.3) is 0 Å². The van der Waals surface area contributed by atoms with Gasteiger partial charge in [-0.25, -0.2) is 4.98 Å². The molecule has 1 aromatic carbocycles. The van der Waals surface area contributed by atoms with Gasteiger partial charge in [0.1, 0.15) is 11.6 Å². The first-order valence-corrected chi connectivity index (χ1v) is 10.7. The molecule has 0 radical (unpaired) electrons. The molecule has 0 bridgehead atoms. The summed E-state index contributed by atoms with van der Waals surface area (Å²) in [5.41, 5.74) is 0.992. The highest BCUT2D eigenvalue weighted by Crippen LogP contribution is 2.23. The Kier molecular flexibility index (Phi) is 10.5. The Labute approximate surface area is 205 Å². The molecule has 0 aliphatic carbocycles. The molecule has 2 aromatic rings. The molecule has 2 N–H and O–H groups in total. The predicted octanol–water partition coefficient (Wildman–Crippen LogP) is 4.09. The Morgan fingerprint density at radius 3 is 2.69 bits per heavy atom. The van der Waals surface area contributed by atoms with E-state index in [4.69, 9.17) is 0 Å². The van der Waals surface area contributed by atoms with Crippen LogP contribution in [0.25, 0.3) is 0 Å². The Morgan fingerprint density at radius 1 is 1.28 bits per heavy atom. The lowest BCUT2D eigenvalue weighted by Crippen LogP contribution is -2.51. The van der Waals surface area contributed by atoms with Crippen molar-refractivity contribution in [3.8, 4) is 5.75 Å². The van der Waals surface area contributed by atoms with Crippen LogP contribution >= 0.6 is 24.0 Å². The van der Waals surface area contributed by atoms with Gasteiger partial charge in [-0.2, -0.15) is 8.78 Å². The average molecular weight is 562 g/mol. The second-order valence-corrected chi connectivity index (χ2v) is 8.12. The monoisotopic (exact) mass is 562 g/mol. The number of aliphatic imine (C=N–C) groups is 1. The molecule has 1 aliphatic heterocycles. The summed E-state index contributed by atoms with van der Waals surface area (Å²) in [7, 11) is 1.76. The fourth-order valence-electron chi connectivity index (χ4n) is 3.79. The number of nitrogens with one attached hydrogen (secondary N) is 2. The van der Waals surface area contributed by atoms with Crippen LogP contribution in [0.15, 0.2) is 41.7 Å². The molecule has 1 atom stereocenters. The molecule has 0 spiro atoms. The summed E-state index contributed by atoms with van der Waals surface area (Å²) < 4.78 is 31.3. The van der Waals surface area contributed by atoms with Gasteiger partial charge in [0.15, 0.2) is 5.96 Å². The van der Waals surface area contributed by atoms with Crippen molar-refractivity contribution < 1.29 is 13.5 Å². The molecular formula is C22H33F2IN6O. The molecule has 178 valence electrons. The van der Waals surface area contributed by atoms with Crippen molar-refractivity contribution in [3.63, 3.8) is 0 Å². The van der Waals surface area contributed by atoms with E-state index in [9.17, 15) is 8.78 Å². The molecular weight excluding hydrogens is 529 g/mol. The molecule has 1 aliphatic rings. The minimum absolute atomic E-state index is 0. The molecule has 32 heavy (non-hydrogen) atoms. The van der Waals surface area contributed by atoms with Gasteiger partial charge in [-0.1, -0.05) is 13.8 Å². The maximum atomic E-state index is 12.3. The van der Waals surface area contributed by atoms with Crippen molar-refractivity contribution in [2.45, 2.75) is 52.4 Å². The van der Waals surface area contributed by atoms with E-state index >= 15 is 0 Å². The van der Waals surface area contributed by atoms with Crippen molar-refractivity contribution in [1.82, 2.24) is 20.2 Å². The SMILES string of the molecule is CN=C(NCc1nccn1CC(C)C)NC1CCCN(c2ccc(OC(F)F)cc2)C1.I. The minimum atomic E-state index is -2.81. The number of aromatic nitrogens is 2. The first-order chi connectivity index (χ1) is 14.9. The highest BCUT2D eigenvalue weighted by atomic mass is 127. The van der Waals surface area contributed by atoms with Gasteiger partial charge >= 0.3 is 6.61 Å². The van der Waals surface area contributed by atoms with Crippen molar-refractivity contribution in [2.75, 3.05) is 25.0 Å². The maximum Gasteiger partial charge on any atom is 0.387 e. The lowest BCUT2D eigenvalue weighted by atomic mass is 10.0. The number of hydrogen-bond donors (Lipinski definition) is 2. The van der Waals surface area contributed by atoms with E-state index in [2.05, 4.69) is 48.7 Å². The van der Waals surface area contributed by atoms with Gasteiger partial charge in [-0.3, -0.25) is 4.99 Å². The Morgan fingerprint density at radius 2 is 2.03 bits per heavy atom. The summed E-state index contributed by atoms with van der Waals surface area (Å²) in [5.74, 6) is 2.44. The molecule has 0 amide bonds. The number of piperidine rings is 1. The van der Waals surface area contributed by atoms with Crippen LogP contribution in [-0.4, -0.2) is 48.3 Å². The lowest BCUT2D eigenvalue weighted by Gasteiger charge is -2.35. The van der Waals surface area contributed by atoms with E-state index in [1.807, 2.05) is 24.5 Å². The number of benzene rings is 1. The number of alkyl halides is 2. The number of anilines is 1. The van der Waals surface area contributed by atoms with Crippen LogP contribution in [-0.2, 0) is 13.1 Å². The van der Waals surface area contributed by atoms with Crippen LogP contribution < -0.4 is 20.3 Å². The molecule has 3 rings (SSSR count). The molecule has 0 saturated carbocycles. The maximum absolute atomic E-state index is 12.3. The third-order valence-electron chi connectivity index (χ3n) is 5.19. The van der Waals surface area contributed by atoms with E-state index in [1.165, 1.54) is 0 Å². The first kappa shape index (κ1) is 26.1. The molecule has 2 heterocycles. The summed E-state index contributed by atoms with van der Waals surface area (Å²) in [6, 6.07) is 7.03. The van der Waals surface area contributed by atoms with E-state index in [1.54, 1.807) is 19.2 Å². The topological polar surface area (TPSA) is 66.7 Å². The molecule has 1 fully saturated rings. The summed E-state index contributed by atoms with van der Waals surface area (Å²) >= 11 is 0. The van der Waals surface area contributed by atoms with Gasteiger partial charge in [0.2, 0.25) is 0 Å². The quantitative estimate of drug-likeness (QED) is 0.288. The normalized spacial score (nSPS) is 16.8.